The molecule has 3 N–H and O–H groups in total. The summed E-state index contributed by atoms with van der Waals surface area (Å²) < 4.78 is 1.61. The lowest BCUT2D eigenvalue weighted by Crippen LogP contribution is -2.39. The predicted octanol–water partition coefficient (Wildman–Crippen LogP) is 1.96. The minimum absolute atomic E-state index is 0.115. The molecule has 0 bridgehead atoms. The Morgan fingerprint density at radius 1 is 1.57 bits per heavy atom. The molecule has 7 heteroatoms. The van der Waals surface area contributed by atoms with Gasteiger partial charge in [-0.15, -0.1) is 0 Å². The van der Waals surface area contributed by atoms with E-state index in [0.29, 0.717) is 16.5 Å². The third kappa shape index (κ3) is 4.03. The van der Waals surface area contributed by atoms with Crippen molar-refractivity contribution in [2.45, 2.75) is 24.5 Å². The van der Waals surface area contributed by atoms with Crippen LogP contribution in [0.1, 0.15) is 29.6 Å². The Kier molecular flexibility index (Phi) is 4.54. The highest BCUT2D eigenvalue weighted by Gasteiger charge is 2.39. The molecule has 6 nitrogen and oxygen atoms in total. The molecule has 122 valence electrons. The molecule has 3 rings (SSSR count). The zero-order valence-electron chi connectivity index (χ0n) is 12.7. The first-order valence-electron chi connectivity index (χ1n) is 7.49. The van der Waals surface area contributed by atoms with Crippen molar-refractivity contribution >= 4 is 17.6 Å². The van der Waals surface area contributed by atoms with E-state index in [1.807, 2.05) is 24.3 Å². The van der Waals surface area contributed by atoms with Crippen LogP contribution >= 0.6 is 11.6 Å². The first kappa shape index (κ1) is 15.8. The van der Waals surface area contributed by atoms with E-state index in [2.05, 4.69) is 15.7 Å². The second kappa shape index (κ2) is 6.60. The number of benzene rings is 1. The van der Waals surface area contributed by atoms with Gasteiger partial charge < -0.3 is 15.7 Å². The molecule has 0 aliphatic heterocycles. The third-order valence-corrected chi connectivity index (χ3v) is 4.18. The number of aliphatic hydroxyl groups excluding tert-OH is 1. The second-order valence-corrected chi connectivity index (χ2v) is 6.26. The Morgan fingerprint density at radius 2 is 2.39 bits per heavy atom. The summed E-state index contributed by atoms with van der Waals surface area (Å²) in [4.78, 5) is 11.9. The van der Waals surface area contributed by atoms with E-state index in [4.69, 9.17) is 11.6 Å². The molecule has 23 heavy (non-hydrogen) atoms. The van der Waals surface area contributed by atoms with Crippen LogP contribution in [-0.2, 0) is 7.05 Å². The van der Waals surface area contributed by atoms with Gasteiger partial charge in [0.2, 0.25) is 0 Å². The van der Waals surface area contributed by atoms with Gasteiger partial charge in [0.05, 0.1) is 12.3 Å². The highest BCUT2D eigenvalue weighted by molar-refractivity contribution is 6.30. The molecule has 0 saturated heterocycles. The van der Waals surface area contributed by atoms with E-state index >= 15 is 0 Å². The molecule has 1 aromatic heterocycles. The summed E-state index contributed by atoms with van der Waals surface area (Å²) in [6, 6.07) is 7.53. The number of aromatic nitrogens is 2. The number of carbonyl (C=O) groups excluding carboxylic acids is 1. The van der Waals surface area contributed by atoms with E-state index < -0.39 is 6.10 Å². The molecule has 1 aliphatic carbocycles. The topological polar surface area (TPSA) is 79.2 Å². The van der Waals surface area contributed by atoms with E-state index in [1.54, 1.807) is 24.1 Å². The molecule has 3 atom stereocenters. The summed E-state index contributed by atoms with van der Waals surface area (Å²) in [5.74, 6) is 0.308. The fourth-order valence-corrected chi connectivity index (χ4v) is 2.80. The molecule has 0 unspecified atom stereocenters. The van der Waals surface area contributed by atoms with Crippen LogP contribution in [0, 0.1) is 0 Å². The summed E-state index contributed by atoms with van der Waals surface area (Å²) in [5, 5.41) is 20.3. The van der Waals surface area contributed by atoms with Crippen molar-refractivity contribution in [3.8, 4) is 0 Å². The molecule has 1 heterocycles. The molecule has 1 aliphatic rings. The second-order valence-electron chi connectivity index (χ2n) is 5.82. The van der Waals surface area contributed by atoms with Gasteiger partial charge in [0.15, 0.2) is 0 Å². The van der Waals surface area contributed by atoms with Gasteiger partial charge in [-0.3, -0.25) is 4.68 Å². The van der Waals surface area contributed by atoms with E-state index in [-0.39, 0.29) is 18.6 Å². The molecular formula is C16H19ClN4O2. The molecular weight excluding hydrogens is 316 g/mol. The Bertz CT molecular complexity index is 703. The zero-order chi connectivity index (χ0) is 16.4. The average Bonchev–Trinajstić information content (AvgIpc) is 3.14. The van der Waals surface area contributed by atoms with Crippen LogP contribution in [0.15, 0.2) is 36.7 Å². The summed E-state index contributed by atoms with van der Waals surface area (Å²) in [6.45, 7) is 0.145. The van der Waals surface area contributed by atoms with E-state index in [9.17, 15) is 9.90 Å². The lowest BCUT2D eigenvalue weighted by Gasteiger charge is -2.11. The van der Waals surface area contributed by atoms with Gasteiger partial charge >= 0.3 is 6.03 Å². The summed E-state index contributed by atoms with van der Waals surface area (Å²) in [5.41, 5.74) is 1.81. The van der Waals surface area contributed by atoms with Gasteiger partial charge in [0.1, 0.15) is 0 Å². The maximum atomic E-state index is 11.9. The maximum Gasteiger partial charge on any atom is 0.315 e. The van der Waals surface area contributed by atoms with E-state index in [0.717, 1.165) is 12.0 Å². The molecule has 1 fully saturated rings. The number of nitrogens with zero attached hydrogens (tertiary/aromatic N) is 2. The fraction of sp³-hybridized carbons (Fsp3) is 0.375. The highest BCUT2D eigenvalue weighted by Crippen LogP contribution is 2.41. The number of aryl methyl sites for hydroxylation is 1. The quantitative estimate of drug-likeness (QED) is 0.782. The molecule has 1 aromatic carbocycles. The van der Waals surface area contributed by atoms with Crippen molar-refractivity contribution in [1.29, 1.82) is 0 Å². The standard InChI is InChI=1S/C16H19ClN4O2/c1-21-9-11(7-19-21)15(22)8-18-16(23)20-14-6-13(14)10-3-2-4-12(17)5-10/h2-5,7,9,13-15,22H,6,8H2,1H3,(H2,18,20,23)/t13-,14+,15+/m0/s1. The van der Waals surface area contributed by atoms with Crippen LogP contribution in [0.25, 0.3) is 0 Å². The smallest absolute Gasteiger partial charge is 0.315 e. The van der Waals surface area contributed by atoms with Crippen molar-refractivity contribution in [3.63, 3.8) is 0 Å². The van der Waals surface area contributed by atoms with Crippen LogP contribution in [0.2, 0.25) is 5.02 Å². The lowest BCUT2D eigenvalue weighted by molar-refractivity contribution is 0.173. The number of rotatable bonds is 5. The summed E-state index contributed by atoms with van der Waals surface area (Å²) in [6.07, 6.45) is 3.44. The SMILES string of the molecule is Cn1cc([C@H](O)CNC(=O)N[C@@H]2C[C@H]2c2cccc(Cl)c2)cn1. The molecule has 2 amide bonds. The van der Waals surface area contributed by atoms with Crippen LogP contribution in [0.3, 0.4) is 0 Å². The summed E-state index contributed by atoms with van der Waals surface area (Å²) in [7, 11) is 1.78. The Labute approximate surface area is 139 Å². The minimum atomic E-state index is -0.766. The molecule has 2 aromatic rings. The van der Waals surface area contributed by atoms with Crippen LogP contribution < -0.4 is 10.6 Å². The predicted molar refractivity (Wildman–Crippen MR) is 87.3 cm³/mol. The van der Waals surface area contributed by atoms with Crippen molar-refractivity contribution in [1.82, 2.24) is 20.4 Å². The first-order chi connectivity index (χ1) is 11.0. The number of hydrogen-bond donors (Lipinski definition) is 3. The molecule has 0 radical (unpaired) electrons. The number of nitrogens with one attached hydrogen (secondary N) is 2. The number of carbonyl (C=O) groups is 1. The van der Waals surface area contributed by atoms with Gasteiger partial charge in [0, 0.05) is 42.3 Å². The monoisotopic (exact) mass is 334 g/mol. The van der Waals surface area contributed by atoms with Gasteiger partial charge in [-0.05, 0) is 24.1 Å². The highest BCUT2D eigenvalue weighted by atomic mass is 35.5. The van der Waals surface area contributed by atoms with Gasteiger partial charge in [-0.25, -0.2) is 4.79 Å². The van der Waals surface area contributed by atoms with Crippen molar-refractivity contribution in [3.05, 3.63) is 52.8 Å². The zero-order valence-corrected chi connectivity index (χ0v) is 13.5. The van der Waals surface area contributed by atoms with Gasteiger partial charge in [-0.2, -0.15) is 5.10 Å². The third-order valence-electron chi connectivity index (χ3n) is 3.95. The molecule has 1 saturated carbocycles. The maximum absolute atomic E-state index is 11.9. The summed E-state index contributed by atoms with van der Waals surface area (Å²) >= 11 is 5.98. The van der Waals surface area contributed by atoms with E-state index in [1.165, 1.54) is 0 Å². The minimum Gasteiger partial charge on any atom is -0.386 e. The number of aliphatic hydroxyl groups is 1. The molecule has 0 spiro atoms. The lowest BCUT2D eigenvalue weighted by atomic mass is 10.1. The number of halogens is 1. The van der Waals surface area contributed by atoms with Gasteiger partial charge in [0.25, 0.3) is 0 Å². The average molecular weight is 335 g/mol. The number of urea groups is 1. The van der Waals surface area contributed by atoms with Crippen LogP contribution in [0.5, 0.6) is 0 Å². The van der Waals surface area contributed by atoms with Crippen molar-refractivity contribution in [2.75, 3.05) is 6.54 Å². The normalized spacial score (nSPS) is 20.8. The van der Waals surface area contributed by atoms with Crippen LogP contribution in [0.4, 0.5) is 4.79 Å². The first-order valence-corrected chi connectivity index (χ1v) is 7.87. The fourth-order valence-electron chi connectivity index (χ4n) is 2.60. The number of amides is 2. The Morgan fingerprint density at radius 3 is 3.09 bits per heavy atom. The number of hydrogen-bond acceptors (Lipinski definition) is 3. The van der Waals surface area contributed by atoms with Gasteiger partial charge in [-0.1, -0.05) is 23.7 Å². The Balaban J connectivity index is 1.44. The largest absolute Gasteiger partial charge is 0.386 e. The van der Waals surface area contributed by atoms with Crippen molar-refractivity contribution < 1.29 is 9.90 Å². The van der Waals surface area contributed by atoms with Crippen molar-refractivity contribution in [2.24, 2.45) is 7.05 Å². The van der Waals surface area contributed by atoms with Crippen LogP contribution in [-0.4, -0.2) is 33.5 Å². The Hall–Kier alpha value is -2.05.